The fraction of sp³-hybridized carbons (Fsp3) is 0.143. The van der Waals surface area contributed by atoms with Crippen LogP contribution in [0.3, 0.4) is 0 Å². The Morgan fingerprint density at radius 1 is 1.19 bits per heavy atom. The number of halogens is 2. The van der Waals surface area contributed by atoms with Gasteiger partial charge in [-0.2, -0.15) is 5.10 Å². The molecule has 31 heavy (non-hydrogen) atoms. The maximum atomic E-state index is 13.8. The lowest BCUT2D eigenvalue weighted by atomic mass is 10.1. The third-order valence-electron chi connectivity index (χ3n) is 4.80. The summed E-state index contributed by atoms with van der Waals surface area (Å²) in [5.41, 5.74) is 1.19. The zero-order valence-corrected chi connectivity index (χ0v) is 17.2. The van der Waals surface area contributed by atoms with E-state index in [0.29, 0.717) is 28.6 Å². The van der Waals surface area contributed by atoms with Crippen molar-refractivity contribution in [3.8, 4) is 11.3 Å². The number of aromatic nitrogens is 5. The summed E-state index contributed by atoms with van der Waals surface area (Å²) in [6, 6.07) is 10.0. The first kappa shape index (κ1) is 20.7. The maximum absolute atomic E-state index is 13.8. The minimum Gasteiger partial charge on any atom is -0.394 e. The van der Waals surface area contributed by atoms with Crippen molar-refractivity contribution in [2.75, 3.05) is 11.9 Å². The number of benzene rings is 1. The summed E-state index contributed by atoms with van der Waals surface area (Å²) in [7, 11) is 1.79. The average molecular weight is 441 g/mol. The van der Waals surface area contributed by atoms with E-state index in [2.05, 4.69) is 20.4 Å². The molecule has 1 unspecified atom stereocenters. The Labute approximate surface area is 181 Å². The van der Waals surface area contributed by atoms with Crippen molar-refractivity contribution in [2.24, 2.45) is 7.05 Å². The first-order valence-corrected chi connectivity index (χ1v) is 9.70. The summed E-state index contributed by atoms with van der Waals surface area (Å²) in [6.45, 7) is -0.382. The molecule has 0 saturated carbocycles. The highest BCUT2D eigenvalue weighted by Gasteiger charge is 2.16. The average Bonchev–Trinajstić information content (AvgIpc) is 3.16. The van der Waals surface area contributed by atoms with Gasteiger partial charge < -0.3 is 15.0 Å². The normalized spacial score (nSPS) is 12.0. The largest absolute Gasteiger partial charge is 0.394 e. The fourth-order valence-corrected chi connectivity index (χ4v) is 3.29. The molecule has 2 N–H and O–H groups in total. The summed E-state index contributed by atoms with van der Waals surface area (Å²) in [5.74, 6) is 0.459. The second kappa shape index (κ2) is 8.66. The van der Waals surface area contributed by atoms with E-state index in [-0.39, 0.29) is 17.2 Å². The van der Waals surface area contributed by atoms with E-state index in [1.165, 1.54) is 22.8 Å². The number of hydrogen-bond donors (Lipinski definition) is 2. The molecule has 1 aromatic carbocycles. The van der Waals surface area contributed by atoms with Gasteiger partial charge in [0.25, 0.3) is 5.56 Å². The quantitative estimate of drug-likeness (QED) is 0.478. The maximum Gasteiger partial charge on any atom is 0.251 e. The highest BCUT2D eigenvalue weighted by atomic mass is 35.5. The van der Waals surface area contributed by atoms with E-state index < -0.39 is 11.9 Å². The predicted molar refractivity (Wildman–Crippen MR) is 115 cm³/mol. The smallest absolute Gasteiger partial charge is 0.251 e. The fourth-order valence-electron chi connectivity index (χ4n) is 3.17. The molecule has 4 rings (SSSR count). The Morgan fingerprint density at radius 3 is 2.71 bits per heavy atom. The summed E-state index contributed by atoms with van der Waals surface area (Å²) >= 11 is 5.73. The van der Waals surface area contributed by atoms with Crippen LogP contribution in [0.15, 0.2) is 65.8 Å². The van der Waals surface area contributed by atoms with Crippen molar-refractivity contribution in [3.63, 3.8) is 0 Å². The number of aliphatic hydroxyl groups is 1. The summed E-state index contributed by atoms with van der Waals surface area (Å²) in [4.78, 5) is 21.4. The van der Waals surface area contributed by atoms with Crippen LogP contribution in [0.2, 0.25) is 5.02 Å². The Hall–Kier alpha value is -3.56. The van der Waals surface area contributed by atoms with E-state index >= 15 is 0 Å². The third-order valence-corrected chi connectivity index (χ3v) is 5.10. The highest BCUT2D eigenvalue weighted by Crippen LogP contribution is 2.23. The zero-order chi connectivity index (χ0) is 22.0. The van der Waals surface area contributed by atoms with Crippen LogP contribution in [-0.4, -0.2) is 36.0 Å². The van der Waals surface area contributed by atoms with Crippen molar-refractivity contribution < 1.29 is 9.50 Å². The first-order chi connectivity index (χ1) is 15.0. The van der Waals surface area contributed by atoms with E-state index in [1.807, 2.05) is 0 Å². The van der Waals surface area contributed by atoms with Gasteiger partial charge in [-0.25, -0.2) is 14.4 Å². The van der Waals surface area contributed by atoms with Gasteiger partial charge in [0.2, 0.25) is 5.95 Å². The van der Waals surface area contributed by atoms with E-state index in [1.54, 1.807) is 54.6 Å². The van der Waals surface area contributed by atoms with Crippen LogP contribution >= 0.6 is 11.6 Å². The van der Waals surface area contributed by atoms with Crippen LogP contribution in [0.25, 0.3) is 11.3 Å². The lowest BCUT2D eigenvalue weighted by molar-refractivity contribution is 0.247. The lowest BCUT2D eigenvalue weighted by Crippen LogP contribution is -2.27. The summed E-state index contributed by atoms with van der Waals surface area (Å²) in [5, 5.41) is 16.9. The molecule has 0 spiro atoms. The van der Waals surface area contributed by atoms with Crippen LogP contribution in [-0.2, 0) is 7.05 Å². The predicted octanol–water partition coefficient (Wildman–Crippen LogP) is 3.16. The van der Waals surface area contributed by atoms with Gasteiger partial charge >= 0.3 is 0 Å². The number of aliphatic hydroxyl groups excluding tert-OH is 1. The number of aryl methyl sites for hydroxylation is 1. The molecule has 3 aromatic heterocycles. The molecule has 0 aliphatic rings. The lowest BCUT2D eigenvalue weighted by Gasteiger charge is -2.18. The van der Waals surface area contributed by atoms with Crippen LogP contribution in [0, 0.1) is 5.82 Å². The molecule has 0 aliphatic carbocycles. The minimum atomic E-state index is -0.749. The van der Waals surface area contributed by atoms with Crippen molar-refractivity contribution in [1.82, 2.24) is 24.3 Å². The Morgan fingerprint density at radius 2 is 2.03 bits per heavy atom. The minimum absolute atomic E-state index is 0.0255. The summed E-state index contributed by atoms with van der Waals surface area (Å²) in [6.07, 6.45) is 4.77. The van der Waals surface area contributed by atoms with Crippen LogP contribution in [0.5, 0.6) is 0 Å². The first-order valence-electron chi connectivity index (χ1n) is 9.32. The van der Waals surface area contributed by atoms with Gasteiger partial charge in [0, 0.05) is 37.1 Å². The van der Waals surface area contributed by atoms with E-state index in [0.717, 1.165) is 0 Å². The van der Waals surface area contributed by atoms with Crippen LogP contribution < -0.4 is 10.9 Å². The van der Waals surface area contributed by atoms with Gasteiger partial charge in [-0.05, 0) is 29.8 Å². The second-order valence-corrected chi connectivity index (χ2v) is 7.17. The van der Waals surface area contributed by atoms with Crippen LogP contribution in [0.1, 0.15) is 11.6 Å². The monoisotopic (exact) mass is 440 g/mol. The Balaban J connectivity index is 1.64. The Kier molecular flexibility index (Phi) is 5.79. The van der Waals surface area contributed by atoms with Crippen molar-refractivity contribution in [2.45, 2.75) is 6.04 Å². The molecule has 0 fully saturated rings. The van der Waals surface area contributed by atoms with Gasteiger partial charge in [0.1, 0.15) is 11.6 Å². The number of nitrogens with zero attached hydrogens (tertiary/aromatic N) is 5. The number of pyridine rings is 1. The molecule has 3 heterocycles. The SMILES string of the molecule is Cn1nccc1Nc1nccc(-c2ccn(C(CO)c3ccc(Cl)c(F)c3)c(=O)c2)n1. The van der Waals surface area contributed by atoms with Gasteiger partial charge in [-0.3, -0.25) is 9.48 Å². The molecular formula is C21H18ClFN6O2. The molecule has 0 aliphatic heterocycles. The van der Waals surface area contributed by atoms with Crippen molar-refractivity contribution >= 4 is 23.4 Å². The number of hydrogen-bond acceptors (Lipinski definition) is 6. The van der Waals surface area contributed by atoms with Gasteiger partial charge in [0.15, 0.2) is 0 Å². The molecule has 8 nitrogen and oxygen atoms in total. The molecule has 0 bridgehead atoms. The molecule has 4 aromatic rings. The summed E-state index contributed by atoms with van der Waals surface area (Å²) < 4.78 is 16.8. The molecule has 1 atom stereocenters. The standard InChI is InChI=1S/C21H18ClFN6O2/c1-28-19(5-8-25-28)27-21-24-7-4-17(26-21)13-6-9-29(20(31)11-13)18(12-30)14-2-3-15(22)16(23)10-14/h2-11,18,30H,12H2,1H3,(H,24,26,27). The van der Waals surface area contributed by atoms with E-state index in [4.69, 9.17) is 11.6 Å². The highest BCUT2D eigenvalue weighted by molar-refractivity contribution is 6.30. The van der Waals surface area contributed by atoms with Crippen LogP contribution in [0.4, 0.5) is 16.2 Å². The molecule has 0 amide bonds. The van der Waals surface area contributed by atoms with Gasteiger partial charge in [-0.15, -0.1) is 0 Å². The molecule has 0 radical (unpaired) electrons. The number of rotatable bonds is 6. The zero-order valence-electron chi connectivity index (χ0n) is 16.4. The molecule has 0 saturated heterocycles. The van der Waals surface area contributed by atoms with Gasteiger partial charge in [0.05, 0.1) is 29.6 Å². The van der Waals surface area contributed by atoms with Crippen molar-refractivity contribution in [3.05, 3.63) is 87.8 Å². The van der Waals surface area contributed by atoms with Crippen molar-refractivity contribution in [1.29, 1.82) is 0 Å². The van der Waals surface area contributed by atoms with Gasteiger partial charge in [-0.1, -0.05) is 17.7 Å². The third kappa shape index (κ3) is 4.32. The number of anilines is 2. The Bertz CT molecular complexity index is 1290. The second-order valence-electron chi connectivity index (χ2n) is 6.76. The molecule has 10 heteroatoms. The topological polar surface area (TPSA) is 97.9 Å². The number of nitrogens with one attached hydrogen (secondary N) is 1. The van der Waals surface area contributed by atoms with E-state index in [9.17, 15) is 14.3 Å². The molecule has 158 valence electrons. The molecular weight excluding hydrogens is 423 g/mol.